The zero-order valence-corrected chi connectivity index (χ0v) is 13.7. The number of methoxy groups -OCH3 is 1. The van der Waals surface area contributed by atoms with E-state index in [1.54, 1.807) is 0 Å². The normalized spacial score (nSPS) is 10.5. The Balaban J connectivity index is 2.53. The maximum Gasteiger partial charge on any atom is 0.194 e. The molecule has 2 rings (SSSR count). The van der Waals surface area contributed by atoms with E-state index in [4.69, 9.17) is 56.9 Å². The van der Waals surface area contributed by atoms with Crippen LogP contribution in [0.5, 0.6) is 5.75 Å². The van der Waals surface area contributed by atoms with Gasteiger partial charge in [0.25, 0.3) is 0 Å². The van der Waals surface area contributed by atoms with Crippen LogP contribution in [0.1, 0.15) is 15.9 Å². The second-order valence-corrected chi connectivity index (χ2v) is 5.76. The van der Waals surface area contributed by atoms with E-state index in [0.717, 1.165) is 0 Å². The van der Waals surface area contributed by atoms with E-state index in [1.165, 1.54) is 31.4 Å². The number of hydrogen-bond donors (Lipinski definition) is 1. The molecular formula is C14H9Cl4NO2. The number of carbonyl (C=O) groups excluding carboxylic acids is 1. The van der Waals surface area contributed by atoms with E-state index in [1.807, 2.05) is 0 Å². The molecule has 0 unspecified atom stereocenters. The largest absolute Gasteiger partial charge is 0.495 e. The van der Waals surface area contributed by atoms with Gasteiger partial charge < -0.3 is 10.5 Å². The van der Waals surface area contributed by atoms with Crippen molar-refractivity contribution in [3.8, 4) is 5.75 Å². The zero-order valence-electron chi connectivity index (χ0n) is 10.7. The number of hydrogen-bond acceptors (Lipinski definition) is 3. The van der Waals surface area contributed by atoms with Crippen LogP contribution in [-0.4, -0.2) is 12.9 Å². The molecule has 0 saturated heterocycles. The van der Waals surface area contributed by atoms with E-state index in [0.29, 0.717) is 5.75 Å². The Morgan fingerprint density at radius 2 is 1.67 bits per heavy atom. The summed E-state index contributed by atoms with van der Waals surface area (Å²) in [7, 11) is 1.46. The van der Waals surface area contributed by atoms with Crippen molar-refractivity contribution in [2.45, 2.75) is 0 Å². The molecule has 21 heavy (non-hydrogen) atoms. The molecule has 7 heteroatoms. The number of nitrogens with two attached hydrogens (primary N) is 1. The molecule has 2 aromatic carbocycles. The van der Waals surface area contributed by atoms with Gasteiger partial charge in [-0.2, -0.15) is 0 Å². The SMILES string of the molecule is COc1cc(Cl)c(C(=O)c2cc(N)c(Cl)c(Cl)c2)cc1Cl. The maximum atomic E-state index is 12.5. The van der Waals surface area contributed by atoms with Gasteiger partial charge in [-0.25, -0.2) is 0 Å². The second kappa shape index (κ2) is 6.32. The molecule has 0 aromatic heterocycles. The van der Waals surface area contributed by atoms with Gasteiger partial charge in [0, 0.05) is 17.2 Å². The van der Waals surface area contributed by atoms with E-state index >= 15 is 0 Å². The maximum absolute atomic E-state index is 12.5. The van der Waals surface area contributed by atoms with Crippen molar-refractivity contribution < 1.29 is 9.53 Å². The third-order valence-corrected chi connectivity index (χ3v) is 4.23. The number of rotatable bonds is 3. The highest BCUT2D eigenvalue weighted by atomic mass is 35.5. The predicted molar refractivity (Wildman–Crippen MR) is 87.3 cm³/mol. The quantitative estimate of drug-likeness (QED) is 0.607. The highest BCUT2D eigenvalue weighted by molar-refractivity contribution is 6.44. The summed E-state index contributed by atoms with van der Waals surface area (Å²) in [5.41, 5.74) is 6.41. The fourth-order valence-electron chi connectivity index (χ4n) is 1.76. The average Bonchev–Trinajstić information content (AvgIpc) is 2.45. The first kappa shape index (κ1) is 16.2. The van der Waals surface area contributed by atoms with Crippen molar-refractivity contribution in [2.75, 3.05) is 12.8 Å². The minimum absolute atomic E-state index is 0.191. The minimum Gasteiger partial charge on any atom is -0.495 e. The summed E-state index contributed by atoms with van der Waals surface area (Å²) < 4.78 is 5.03. The highest BCUT2D eigenvalue weighted by Gasteiger charge is 2.18. The molecular weight excluding hydrogens is 356 g/mol. The Kier molecular flexibility index (Phi) is 4.89. The summed E-state index contributed by atoms with van der Waals surface area (Å²) in [6, 6.07) is 5.77. The third-order valence-electron chi connectivity index (χ3n) is 2.80. The Bertz CT molecular complexity index is 708. The molecule has 110 valence electrons. The molecule has 0 spiro atoms. The molecule has 0 aliphatic carbocycles. The summed E-state index contributed by atoms with van der Waals surface area (Å²) in [6.07, 6.45) is 0. The van der Waals surface area contributed by atoms with Crippen LogP contribution in [0.3, 0.4) is 0 Å². The van der Waals surface area contributed by atoms with E-state index in [-0.39, 0.29) is 42.7 Å². The fraction of sp³-hybridized carbons (Fsp3) is 0.0714. The number of halogens is 4. The van der Waals surface area contributed by atoms with Crippen LogP contribution in [0.2, 0.25) is 20.1 Å². The number of ether oxygens (including phenoxy) is 1. The summed E-state index contributed by atoms with van der Waals surface area (Å²) in [5, 5.41) is 0.881. The fourth-order valence-corrected chi connectivity index (χ4v) is 2.57. The zero-order chi connectivity index (χ0) is 15.7. The van der Waals surface area contributed by atoms with Gasteiger partial charge in [-0.1, -0.05) is 46.4 Å². The molecule has 0 aliphatic rings. The van der Waals surface area contributed by atoms with Crippen molar-refractivity contribution in [2.24, 2.45) is 0 Å². The number of ketones is 1. The lowest BCUT2D eigenvalue weighted by molar-refractivity contribution is 0.103. The van der Waals surface area contributed by atoms with Crippen LogP contribution < -0.4 is 10.5 Å². The highest BCUT2D eigenvalue weighted by Crippen LogP contribution is 2.34. The van der Waals surface area contributed by atoms with E-state index in [9.17, 15) is 4.79 Å². The smallest absolute Gasteiger partial charge is 0.194 e. The topological polar surface area (TPSA) is 52.3 Å². The van der Waals surface area contributed by atoms with Crippen LogP contribution in [0.15, 0.2) is 24.3 Å². The van der Waals surface area contributed by atoms with Gasteiger partial charge in [0.05, 0.1) is 32.9 Å². The second-order valence-electron chi connectivity index (χ2n) is 4.16. The first-order valence-electron chi connectivity index (χ1n) is 5.67. The van der Waals surface area contributed by atoms with Crippen molar-refractivity contribution >= 4 is 57.9 Å². The van der Waals surface area contributed by atoms with Gasteiger partial charge in [-0.05, 0) is 18.2 Å². The number of benzene rings is 2. The first-order chi connectivity index (χ1) is 9.85. The molecule has 0 radical (unpaired) electrons. The summed E-state index contributed by atoms with van der Waals surface area (Å²) in [5.74, 6) is 0.0155. The van der Waals surface area contributed by atoms with Crippen LogP contribution in [0.4, 0.5) is 5.69 Å². The molecule has 3 nitrogen and oxygen atoms in total. The number of nitrogen functional groups attached to an aromatic ring is 1. The number of carbonyl (C=O) groups is 1. The lowest BCUT2D eigenvalue weighted by atomic mass is 10.0. The molecule has 0 fully saturated rings. The Hall–Kier alpha value is -1.13. The van der Waals surface area contributed by atoms with Gasteiger partial charge in [0.15, 0.2) is 5.78 Å². The van der Waals surface area contributed by atoms with Crippen molar-refractivity contribution in [1.82, 2.24) is 0 Å². The predicted octanol–water partition coefficient (Wildman–Crippen LogP) is 5.12. The van der Waals surface area contributed by atoms with Gasteiger partial charge >= 0.3 is 0 Å². The summed E-state index contributed by atoms with van der Waals surface area (Å²) >= 11 is 23.9. The molecule has 0 amide bonds. The van der Waals surface area contributed by atoms with Crippen LogP contribution >= 0.6 is 46.4 Å². The summed E-state index contributed by atoms with van der Waals surface area (Å²) in [4.78, 5) is 12.5. The van der Waals surface area contributed by atoms with E-state index < -0.39 is 0 Å². The lowest BCUT2D eigenvalue weighted by Gasteiger charge is -2.10. The Labute approximate surface area is 141 Å². The Morgan fingerprint density at radius 1 is 1.00 bits per heavy atom. The van der Waals surface area contributed by atoms with E-state index in [2.05, 4.69) is 0 Å². The van der Waals surface area contributed by atoms with Crippen molar-refractivity contribution in [3.05, 3.63) is 55.5 Å². The molecule has 0 heterocycles. The van der Waals surface area contributed by atoms with Crippen LogP contribution in [0.25, 0.3) is 0 Å². The molecule has 2 aromatic rings. The van der Waals surface area contributed by atoms with Crippen LogP contribution in [0, 0.1) is 0 Å². The Morgan fingerprint density at radius 3 is 2.24 bits per heavy atom. The molecule has 0 aliphatic heterocycles. The number of anilines is 1. The van der Waals surface area contributed by atoms with Crippen LogP contribution in [-0.2, 0) is 0 Å². The molecule has 0 saturated carbocycles. The van der Waals surface area contributed by atoms with Gasteiger partial charge in [-0.3, -0.25) is 4.79 Å². The van der Waals surface area contributed by atoms with Gasteiger partial charge in [-0.15, -0.1) is 0 Å². The van der Waals surface area contributed by atoms with Crippen molar-refractivity contribution in [3.63, 3.8) is 0 Å². The molecule has 0 atom stereocenters. The minimum atomic E-state index is -0.366. The van der Waals surface area contributed by atoms with Gasteiger partial charge in [0.2, 0.25) is 0 Å². The average molecular weight is 365 g/mol. The monoisotopic (exact) mass is 363 g/mol. The standard InChI is InChI=1S/C14H9Cl4NO2/c1-21-12-5-8(15)7(4-9(12)16)14(20)6-2-10(17)13(18)11(19)3-6/h2-5H,19H2,1H3. The third kappa shape index (κ3) is 3.22. The first-order valence-corrected chi connectivity index (χ1v) is 7.18. The van der Waals surface area contributed by atoms with Gasteiger partial charge in [0.1, 0.15) is 5.75 Å². The molecule has 2 N–H and O–H groups in total. The molecule has 0 bridgehead atoms. The lowest BCUT2D eigenvalue weighted by Crippen LogP contribution is -2.04. The van der Waals surface area contributed by atoms with Crippen molar-refractivity contribution in [1.29, 1.82) is 0 Å². The summed E-state index contributed by atoms with van der Waals surface area (Å²) in [6.45, 7) is 0.